The third-order valence-corrected chi connectivity index (χ3v) is 5.40. The van der Waals surface area contributed by atoms with E-state index in [0.717, 1.165) is 0 Å². The van der Waals surface area contributed by atoms with Crippen molar-refractivity contribution in [1.82, 2.24) is 18.8 Å². The molecule has 1 aliphatic heterocycles. The van der Waals surface area contributed by atoms with Gasteiger partial charge in [0.05, 0.1) is 5.60 Å². The average molecular weight is 316 g/mol. The van der Waals surface area contributed by atoms with Crippen molar-refractivity contribution in [2.45, 2.75) is 31.4 Å². The Kier molecular flexibility index (Phi) is 4.44. The highest BCUT2D eigenvalue weighted by Gasteiger charge is 2.31. The molecule has 1 aliphatic rings. The molecule has 0 amide bonds. The SMILES string of the molecule is Cc1nc(S(=O)(=O)N2CCN(CC(C)(C)O)CC2)cn1C. The fourth-order valence-corrected chi connectivity index (χ4v) is 3.91. The first kappa shape index (κ1) is 16.4. The predicted octanol–water partition coefficient (Wildman–Crippen LogP) is -0.194. The van der Waals surface area contributed by atoms with Crippen LogP contribution in [0.25, 0.3) is 0 Å². The number of aliphatic hydroxyl groups is 1. The molecule has 120 valence electrons. The highest BCUT2D eigenvalue weighted by atomic mass is 32.2. The van der Waals surface area contributed by atoms with E-state index in [0.29, 0.717) is 38.5 Å². The lowest BCUT2D eigenvalue weighted by molar-refractivity contribution is 0.0263. The van der Waals surface area contributed by atoms with Crippen LogP contribution >= 0.6 is 0 Å². The van der Waals surface area contributed by atoms with Crippen molar-refractivity contribution < 1.29 is 13.5 Å². The molecular formula is C13H24N4O3S. The summed E-state index contributed by atoms with van der Waals surface area (Å²) in [5.74, 6) is 0.675. The summed E-state index contributed by atoms with van der Waals surface area (Å²) in [4.78, 5) is 6.19. The number of aromatic nitrogens is 2. The molecule has 0 saturated carbocycles. The van der Waals surface area contributed by atoms with Gasteiger partial charge < -0.3 is 9.67 Å². The molecule has 1 aromatic heterocycles. The highest BCUT2D eigenvalue weighted by Crippen LogP contribution is 2.17. The molecule has 1 aromatic rings. The molecule has 1 fully saturated rings. The standard InChI is InChI=1S/C13H24N4O3S/c1-11-14-12(9-15(11)4)21(19,20)17-7-5-16(6-8-17)10-13(2,3)18/h9,18H,5-8,10H2,1-4H3. The second-order valence-electron chi connectivity index (χ2n) is 6.23. The molecule has 0 aromatic carbocycles. The molecule has 2 rings (SSSR count). The molecule has 0 aliphatic carbocycles. The Labute approximate surface area is 126 Å². The zero-order chi connectivity index (χ0) is 15.8. The van der Waals surface area contributed by atoms with E-state index >= 15 is 0 Å². The van der Waals surface area contributed by atoms with Crippen molar-refractivity contribution >= 4 is 10.0 Å². The summed E-state index contributed by atoms with van der Waals surface area (Å²) in [5.41, 5.74) is -0.765. The van der Waals surface area contributed by atoms with Gasteiger partial charge in [-0.3, -0.25) is 4.90 Å². The fourth-order valence-electron chi connectivity index (χ4n) is 2.46. The number of piperazine rings is 1. The minimum absolute atomic E-state index is 0.110. The maximum atomic E-state index is 12.5. The van der Waals surface area contributed by atoms with Gasteiger partial charge in [-0.25, -0.2) is 13.4 Å². The van der Waals surface area contributed by atoms with Gasteiger partial charge in [-0.2, -0.15) is 4.31 Å². The van der Waals surface area contributed by atoms with Gasteiger partial charge in [0.25, 0.3) is 10.0 Å². The van der Waals surface area contributed by atoms with Crippen LogP contribution in [-0.4, -0.2) is 70.6 Å². The number of rotatable bonds is 4. The monoisotopic (exact) mass is 316 g/mol. The summed E-state index contributed by atoms with van der Waals surface area (Å²) in [6.45, 7) is 7.93. The zero-order valence-electron chi connectivity index (χ0n) is 13.1. The number of sulfonamides is 1. The second kappa shape index (κ2) is 5.68. The highest BCUT2D eigenvalue weighted by molar-refractivity contribution is 7.89. The predicted molar refractivity (Wildman–Crippen MR) is 79.4 cm³/mol. The molecule has 7 nitrogen and oxygen atoms in total. The molecule has 8 heteroatoms. The van der Waals surface area contributed by atoms with E-state index in [1.165, 1.54) is 4.31 Å². The number of imidazole rings is 1. The van der Waals surface area contributed by atoms with Crippen molar-refractivity contribution in [3.63, 3.8) is 0 Å². The summed E-state index contributed by atoms with van der Waals surface area (Å²) < 4.78 is 28.2. The lowest BCUT2D eigenvalue weighted by Gasteiger charge is -2.36. The van der Waals surface area contributed by atoms with Gasteiger partial charge in [-0.1, -0.05) is 0 Å². The van der Waals surface area contributed by atoms with Crippen LogP contribution < -0.4 is 0 Å². The Hall–Kier alpha value is -0.960. The van der Waals surface area contributed by atoms with E-state index in [2.05, 4.69) is 9.88 Å². The Balaban J connectivity index is 2.04. The van der Waals surface area contributed by atoms with Crippen molar-refractivity contribution in [2.75, 3.05) is 32.7 Å². The molecule has 1 saturated heterocycles. The first-order chi connectivity index (χ1) is 9.59. The van der Waals surface area contributed by atoms with Crippen LogP contribution in [0.1, 0.15) is 19.7 Å². The Morgan fingerprint density at radius 3 is 2.29 bits per heavy atom. The van der Waals surface area contributed by atoms with Crippen LogP contribution in [0.5, 0.6) is 0 Å². The molecule has 1 N–H and O–H groups in total. The minimum Gasteiger partial charge on any atom is -0.389 e. The van der Waals surface area contributed by atoms with E-state index in [1.54, 1.807) is 38.6 Å². The number of hydrogen-bond donors (Lipinski definition) is 1. The number of hydrogen-bond acceptors (Lipinski definition) is 5. The molecular weight excluding hydrogens is 292 g/mol. The summed E-state index contributed by atoms with van der Waals surface area (Å²) in [7, 11) is -1.74. The van der Waals surface area contributed by atoms with E-state index in [1.807, 2.05) is 0 Å². The third kappa shape index (κ3) is 3.82. The maximum Gasteiger partial charge on any atom is 0.262 e. The smallest absolute Gasteiger partial charge is 0.262 e. The van der Waals surface area contributed by atoms with Gasteiger partial charge in [0.2, 0.25) is 0 Å². The first-order valence-corrected chi connectivity index (χ1v) is 8.48. The lowest BCUT2D eigenvalue weighted by Crippen LogP contribution is -2.51. The van der Waals surface area contributed by atoms with Crippen LogP contribution in [0.2, 0.25) is 0 Å². The summed E-state index contributed by atoms with van der Waals surface area (Å²) in [6, 6.07) is 0. The number of aryl methyl sites for hydroxylation is 2. The first-order valence-electron chi connectivity index (χ1n) is 7.04. The van der Waals surface area contributed by atoms with E-state index in [-0.39, 0.29) is 5.03 Å². The summed E-state index contributed by atoms with van der Waals surface area (Å²) in [5, 5.41) is 9.93. The van der Waals surface area contributed by atoms with Gasteiger partial charge in [0.15, 0.2) is 5.03 Å². The zero-order valence-corrected chi connectivity index (χ0v) is 13.9. The van der Waals surface area contributed by atoms with Crippen LogP contribution in [-0.2, 0) is 17.1 Å². The Morgan fingerprint density at radius 1 is 1.29 bits per heavy atom. The number of nitrogens with zero attached hydrogens (tertiary/aromatic N) is 4. The van der Waals surface area contributed by atoms with Gasteiger partial charge in [-0.15, -0.1) is 0 Å². The van der Waals surface area contributed by atoms with Gasteiger partial charge in [-0.05, 0) is 20.8 Å². The number of β-amino-alcohol motifs (C(OH)–C–C–N with tert-alkyl or cyclic N) is 1. The second-order valence-corrected chi connectivity index (χ2v) is 8.11. The lowest BCUT2D eigenvalue weighted by atomic mass is 10.1. The molecule has 21 heavy (non-hydrogen) atoms. The topological polar surface area (TPSA) is 78.7 Å². The van der Waals surface area contributed by atoms with Crippen molar-refractivity contribution in [3.8, 4) is 0 Å². The maximum absolute atomic E-state index is 12.5. The van der Waals surface area contributed by atoms with Crippen LogP contribution in [0.4, 0.5) is 0 Å². The van der Waals surface area contributed by atoms with Crippen molar-refractivity contribution in [3.05, 3.63) is 12.0 Å². The van der Waals surface area contributed by atoms with Crippen LogP contribution in [0, 0.1) is 6.92 Å². The minimum atomic E-state index is -3.52. The van der Waals surface area contributed by atoms with Gasteiger partial charge in [0, 0.05) is 46.0 Å². The molecule has 0 bridgehead atoms. The normalized spacial score (nSPS) is 19.1. The van der Waals surface area contributed by atoms with Crippen LogP contribution in [0.3, 0.4) is 0 Å². The Morgan fingerprint density at radius 2 is 1.86 bits per heavy atom. The van der Waals surface area contributed by atoms with Crippen molar-refractivity contribution in [1.29, 1.82) is 0 Å². The molecule has 0 unspecified atom stereocenters. The van der Waals surface area contributed by atoms with E-state index in [4.69, 9.17) is 0 Å². The van der Waals surface area contributed by atoms with Crippen molar-refractivity contribution in [2.24, 2.45) is 7.05 Å². The summed E-state index contributed by atoms with van der Waals surface area (Å²) >= 11 is 0. The molecule has 0 spiro atoms. The Bertz CT molecular complexity index is 576. The molecule has 0 radical (unpaired) electrons. The fraction of sp³-hybridized carbons (Fsp3) is 0.769. The third-order valence-electron chi connectivity index (χ3n) is 3.63. The molecule has 0 atom stereocenters. The van der Waals surface area contributed by atoms with Gasteiger partial charge in [0.1, 0.15) is 5.82 Å². The average Bonchev–Trinajstić information content (AvgIpc) is 2.69. The van der Waals surface area contributed by atoms with Gasteiger partial charge >= 0.3 is 0 Å². The molecule has 2 heterocycles. The summed E-state index contributed by atoms with van der Waals surface area (Å²) in [6.07, 6.45) is 1.55. The quantitative estimate of drug-likeness (QED) is 0.833. The van der Waals surface area contributed by atoms with Crippen LogP contribution in [0.15, 0.2) is 11.2 Å². The van der Waals surface area contributed by atoms with E-state index in [9.17, 15) is 13.5 Å². The van der Waals surface area contributed by atoms with E-state index < -0.39 is 15.6 Å². The largest absolute Gasteiger partial charge is 0.389 e.